The van der Waals surface area contributed by atoms with Crippen molar-refractivity contribution in [2.75, 3.05) is 6.54 Å². The molecule has 2 aromatic heterocycles. The van der Waals surface area contributed by atoms with Crippen LogP contribution in [0.15, 0.2) is 36.4 Å². The third kappa shape index (κ3) is 2.34. The molecule has 0 atom stereocenters. The van der Waals surface area contributed by atoms with E-state index in [1.807, 2.05) is 22.8 Å². The maximum absolute atomic E-state index is 12.3. The molecule has 1 aliphatic heterocycles. The number of aromatic nitrogens is 2. The van der Waals surface area contributed by atoms with E-state index in [9.17, 15) is 14.9 Å². The molecular weight excluding hydrogens is 388 g/mol. The van der Waals surface area contributed by atoms with Gasteiger partial charge in [0.1, 0.15) is 5.02 Å². The highest BCUT2D eigenvalue weighted by atomic mass is 35.5. The van der Waals surface area contributed by atoms with Gasteiger partial charge in [0.2, 0.25) is 0 Å². The number of para-hydroxylation sites is 1. The largest absolute Gasteiger partial charge is 0.350 e. The third-order valence-electron chi connectivity index (χ3n) is 4.66. The van der Waals surface area contributed by atoms with E-state index in [2.05, 4.69) is 5.32 Å². The Bertz CT molecular complexity index is 1280. The van der Waals surface area contributed by atoms with Crippen molar-refractivity contribution in [3.05, 3.63) is 57.1 Å². The number of hydrogen-bond acceptors (Lipinski definition) is 5. The van der Waals surface area contributed by atoms with Crippen molar-refractivity contribution in [1.29, 1.82) is 0 Å². The molecule has 0 radical (unpaired) electrons. The van der Waals surface area contributed by atoms with Gasteiger partial charge in [-0.15, -0.1) is 11.3 Å². The van der Waals surface area contributed by atoms with Gasteiger partial charge in [-0.25, -0.2) is 4.98 Å². The quantitative estimate of drug-likeness (QED) is 0.404. The average molecular weight is 399 g/mol. The van der Waals surface area contributed by atoms with Gasteiger partial charge in [0.05, 0.1) is 26.4 Å². The van der Waals surface area contributed by atoms with E-state index in [1.165, 1.54) is 17.4 Å². The Labute approximate surface area is 161 Å². The minimum absolute atomic E-state index is 0.110. The highest BCUT2D eigenvalue weighted by Gasteiger charge is 2.24. The zero-order valence-electron chi connectivity index (χ0n) is 13.7. The number of amides is 1. The number of hydrogen-bond donors (Lipinski definition) is 1. The molecule has 5 rings (SSSR count). The monoisotopic (exact) mass is 398 g/mol. The number of carbonyl (C=O) groups excluding carboxylic acids is 1. The third-order valence-corrected chi connectivity index (χ3v) is 6.16. The van der Waals surface area contributed by atoms with Gasteiger partial charge in [0.25, 0.3) is 11.6 Å². The van der Waals surface area contributed by atoms with Crippen molar-refractivity contribution >= 4 is 55.7 Å². The van der Waals surface area contributed by atoms with Crippen LogP contribution in [0.2, 0.25) is 5.02 Å². The van der Waals surface area contributed by atoms with Gasteiger partial charge in [-0.05, 0) is 24.3 Å². The zero-order chi connectivity index (χ0) is 18.7. The van der Waals surface area contributed by atoms with E-state index in [1.54, 1.807) is 12.1 Å². The van der Waals surface area contributed by atoms with E-state index >= 15 is 0 Å². The van der Waals surface area contributed by atoms with Crippen LogP contribution in [-0.4, -0.2) is 26.9 Å². The zero-order valence-corrected chi connectivity index (χ0v) is 15.3. The lowest BCUT2D eigenvalue weighted by Crippen LogP contribution is -2.24. The van der Waals surface area contributed by atoms with Crippen LogP contribution in [-0.2, 0) is 6.54 Å². The van der Waals surface area contributed by atoms with Gasteiger partial charge in [-0.2, -0.15) is 0 Å². The number of nitro benzene ring substituents is 1. The number of rotatable bonds is 2. The minimum atomic E-state index is -0.486. The predicted molar refractivity (Wildman–Crippen MR) is 105 cm³/mol. The summed E-state index contributed by atoms with van der Waals surface area (Å²) in [7, 11) is 0. The van der Waals surface area contributed by atoms with Gasteiger partial charge >= 0.3 is 0 Å². The second-order valence-corrected chi connectivity index (χ2v) is 7.66. The van der Waals surface area contributed by atoms with E-state index < -0.39 is 4.92 Å². The Kier molecular flexibility index (Phi) is 3.46. The number of fused-ring (bicyclic) bond motifs is 1. The van der Waals surface area contributed by atoms with Crippen molar-refractivity contribution in [3.8, 4) is 10.7 Å². The van der Waals surface area contributed by atoms with E-state index in [0.717, 1.165) is 26.4 Å². The van der Waals surface area contributed by atoms with Crippen LogP contribution < -0.4 is 5.32 Å². The topological polar surface area (TPSA) is 90.1 Å². The van der Waals surface area contributed by atoms with Crippen LogP contribution in [0.3, 0.4) is 0 Å². The van der Waals surface area contributed by atoms with Gasteiger partial charge in [-0.1, -0.05) is 17.7 Å². The Balaban J connectivity index is 1.78. The normalized spacial score (nSPS) is 13.7. The van der Waals surface area contributed by atoms with Crippen molar-refractivity contribution in [1.82, 2.24) is 14.9 Å². The molecule has 1 amide bonds. The molecule has 27 heavy (non-hydrogen) atoms. The number of nitrogens with zero attached hydrogens (tertiary/aromatic N) is 3. The van der Waals surface area contributed by atoms with Crippen LogP contribution in [0.5, 0.6) is 0 Å². The molecule has 1 N–H and O–H groups in total. The molecule has 3 heterocycles. The molecule has 4 aromatic rings. The van der Waals surface area contributed by atoms with Crippen LogP contribution >= 0.6 is 22.9 Å². The smallest absolute Gasteiger partial charge is 0.288 e. The van der Waals surface area contributed by atoms with Crippen LogP contribution in [0.4, 0.5) is 5.69 Å². The summed E-state index contributed by atoms with van der Waals surface area (Å²) in [6.45, 7) is 1.10. The Morgan fingerprint density at radius 3 is 2.96 bits per heavy atom. The first-order valence-electron chi connectivity index (χ1n) is 8.19. The number of nitrogens with one attached hydrogen (secondary N) is 1. The summed E-state index contributed by atoms with van der Waals surface area (Å²) >= 11 is 7.73. The van der Waals surface area contributed by atoms with E-state index in [-0.39, 0.29) is 16.6 Å². The molecule has 0 saturated heterocycles. The fourth-order valence-corrected chi connectivity index (χ4v) is 4.88. The molecule has 7 nitrogen and oxygen atoms in total. The summed E-state index contributed by atoms with van der Waals surface area (Å²) in [6, 6.07) is 10.4. The minimum Gasteiger partial charge on any atom is -0.350 e. The maximum atomic E-state index is 12.3. The van der Waals surface area contributed by atoms with Crippen molar-refractivity contribution in [2.24, 2.45) is 0 Å². The fourth-order valence-electron chi connectivity index (χ4n) is 3.47. The molecule has 0 spiro atoms. The summed E-state index contributed by atoms with van der Waals surface area (Å²) in [6.07, 6.45) is 0. The lowest BCUT2D eigenvalue weighted by molar-refractivity contribution is -0.384. The molecule has 0 unspecified atom stereocenters. The predicted octanol–water partition coefficient (Wildman–Crippen LogP) is 4.22. The van der Waals surface area contributed by atoms with Gasteiger partial charge in [-0.3, -0.25) is 14.9 Å². The number of nitro groups is 1. The fraction of sp³-hybridized carbons (Fsp3) is 0.111. The summed E-state index contributed by atoms with van der Waals surface area (Å²) < 4.78 is 2.87. The molecule has 0 saturated carbocycles. The number of halogens is 1. The van der Waals surface area contributed by atoms with Gasteiger partial charge < -0.3 is 9.88 Å². The molecule has 0 fully saturated rings. The molecule has 134 valence electrons. The molecule has 2 aromatic carbocycles. The SMILES string of the molecule is O=C1NCCn2c(-c3cc4c(Cl)c([N+](=O)[O-])ccc4s3)nc3cccc1c32. The van der Waals surface area contributed by atoms with E-state index in [0.29, 0.717) is 24.0 Å². The lowest BCUT2D eigenvalue weighted by Gasteiger charge is -2.05. The van der Waals surface area contributed by atoms with Crippen molar-refractivity contribution in [2.45, 2.75) is 6.54 Å². The summed E-state index contributed by atoms with van der Waals surface area (Å²) in [5.41, 5.74) is 2.03. The van der Waals surface area contributed by atoms with Crippen LogP contribution in [0.25, 0.3) is 31.8 Å². The molecule has 0 aliphatic carbocycles. The molecule has 1 aliphatic rings. The molecular formula is C18H11ClN4O3S. The van der Waals surface area contributed by atoms with Crippen molar-refractivity contribution < 1.29 is 9.72 Å². The lowest BCUT2D eigenvalue weighted by atomic mass is 10.2. The second-order valence-electron chi connectivity index (χ2n) is 6.19. The standard InChI is InChI=1S/C18H11ClN4O3S/c19-15-10-8-14(27-13(10)5-4-12(15)23(25)26)17-21-11-3-1-2-9-16(11)22(17)7-6-20-18(9)24/h1-5,8H,6-7H2,(H,20,24). The van der Waals surface area contributed by atoms with Crippen LogP contribution in [0, 0.1) is 10.1 Å². The average Bonchev–Trinajstić information content (AvgIpc) is 3.18. The highest BCUT2D eigenvalue weighted by molar-refractivity contribution is 7.22. The first-order valence-corrected chi connectivity index (χ1v) is 9.38. The summed E-state index contributed by atoms with van der Waals surface area (Å²) in [5.74, 6) is 0.620. The summed E-state index contributed by atoms with van der Waals surface area (Å²) in [5, 5.41) is 14.8. The van der Waals surface area contributed by atoms with Crippen molar-refractivity contribution in [3.63, 3.8) is 0 Å². The van der Waals surface area contributed by atoms with Gasteiger partial charge in [0, 0.05) is 29.2 Å². The Morgan fingerprint density at radius 1 is 1.30 bits per heavy atom. The molecule has 9 heteroatoms. The Morgan fingerprint density at radius 2 is 2.15 bits per heavy atom. The first kappa shape index (κ1) is 16.2. The highest BCUT2D eigenvalue weighted by Crippen LogP contribution is 2.41. The van der Waals surface area contributed by atoms with E-state index in [4.69, 9.17) is 16.6 Å². The maximum Gasteiger partial charge on any atom is 0.288 e. The Hall–Kier alpha value is -2.97. The summed E-state index contributed by atoms with van der Waals surface area (Å²) in [4.78, 5) is 28.5. The molecule has 0 bridgehead atoms. The number of carbonyl (C=O) groups is 1. The second kappa shape index (κ2) is 5.77. The first-order chi connectivity index (χ1) is 13.0. The van der Waals surface area contributed by atoms with Gasteiger partial charge in [0.15, 0.2) is 5.82 Å². The van der Waals surface area contributed by atoms with Crippen LogP contribution in [0.1, 0.15) is 10.4 Å². The number of thiophene rings is 1. The number of benzene rings is 2. The number of imidazole rings is 1.